The molecular weight excluding hydrogens is 309 g/mol. The van der Waals surface area contributed by atoms with Crippen molar-refractivity contribution in [1.82, 2.24) is 5.32 Å². The van der Waals surface area contributed by atoms with Gasteiger partial charge in [0.15, 0.2) is 17.7 Å². The van der Waals surface area contributed by atoms with Gasteiger partial charge in [0.1, 0.15) is 5.75 Å². The Labute approximate surface area is 141 Å². The lowest BCUT2D eigenvalue weighted by Crippen LogP contribution is -2.39. The van der Waals surface area contributed by atoms with E-state index >= 15 is 0 Å². The maximum Gasteiger partial charge on any atom is 0.261 e. The Bertz CT molecular complexity index is 690. The third-order valence-electron chi connectivity index (χ3n) is 3.73. The second kappa shape index (κ2) is 8.34. The number of para-hydroxylation sites is 2. The Hall–Kier alpha value is -2.56. The van der Waals surface area contributed by atoms with Gasteiger partial charge >= 0.3 is 0 Å². The second-order valence-corrected chi connectivity index (χ2v) is 5.42. The number of carbonyl (C=O) groups is 1. The highest BCUT2D eigenvalue weighted by atomic mass is 19.1. The zero-order valence-corrected chi connectivity index (χ0v) is 14.1. The van der Waals surface area contributed by atoms with E-state index in [2.05, 4.69) is 5.32 Å². The number of rotatable bonds is 7. The van der Waals surface area contributed by atoms with Crippen molar-refractivity contribution < 1.29 is 18.7 Å². The average Bonchev–Trinajstić information content (AvgIpc) is 2.60. The van der Waals surface area contributed by atoms with Crippen molar-refractivity contribution >= 4 is 5.91 Å². The van der Waals surface area contributed by atoms with Gasteiger partial charge in [0.2, 0.25) is 0 Å². The maximum atomic E-state index is 13.7. The first kappa shape index (κ1) is 17.8. The minimum atomic E-state index is -0.765. The highest BCUT2D eigenvalue weighted by molar-refractivity contribution is 5.81. The van der Waals surface area contributed by atoms with Crippen LogP contribution in [0.2, 0.25) is 0 Å². The first-order valence-corrected chi connectivity index (χ1v) is 7.91. The molecule has 24 heavy (non-hydrogen) atoms. The third kappa shape index (κ3) is 4.25. The van der Waals surface area contributed by atoms with Gasteiger partial charge in [-0.05, 0) is 31.5 Å². The van der Waals surface area contributed by atoms with E-state index in [1.165, 1.54) is 12.1 Å². The average molecular weight is 331 g/mol. The van der Waals surface area contributed by atoms with Crippen LogP contribution in [0.5, 0.6) is 11.5 Å². The van der Waals surface area contributed by atoms with Crippen LogP contribution in [-0.2, 0) is 4.79 Å². The van der Waals surface area contributed by atoms with Gasteiger partial charge in [0.25, 0.3) is 5.91 Å². The summed E-state index contributed by atoms with van der Waals surface area (Å²) in [6.07, 6.45) is -0.335. The predicted octanol–water partition coefficient (Wildman–Crippen LogP) is 3.87. The molecule has 0 spiro atoms. The van der Waals surface area contributed by atoms with Gasteiger partial charge < -0.3 is 14.8 Å². The Morgan fingerprint density at radius 3 is 2.38 bits per heavy atom. The normalized spacial score (nSPS) is 13.0. The van der Waals surface area contributed by atoms with E-state index in [0.717, 1.165) is 5.56 Å². The number of nitrogens with one attached hydrogen (secondary N) is 1. The van der Waals surface area contributed by atoms with Gasteiger partial charge in [-0.3, -0.25) is 4.79 Å². The fraction of sp³-hybridized carbons (Fsp3) is 0.316. The number of amides is 1. The molecule has 4 nitrogen and oxygen atoms in total. The van der Waals surface area contributed by atoms with Crippen molar-refractivity contribution in [2.24, 2.45) is 0 Å². The molecule has 0 aliphatic carbocycles. The van der Waals surface area contributed by atoms with Gasteiger partial charge in [-0.1, -0.05) is 37.3 Å². The second-order valence-electron chi connectivity index (χ2n) is 5.42. The Balaban J connectivity index is 2.07. The van der Waals surface area contributed by atoms with Crippen LogP contribution in [0.1, 0.15) is 31.9 Å². The molecule has 0 saturated carbocycles. The van der Waals surface area contributed by atoms with Gasteiger partial charge in [-0.25, -0.2) is 4.39 Å². The van der Waals surface area contributed by atoms with E-state index in [0.29, 0.717) is 12.2 Å². The number of methoxy groups -OCH3 is 1. The van der Waals surface area contributed by atoms with E-state index < -0.39 is 11.9 Å². The van der Waals surface area contributed by atoms with Crippen molar-refractivity contribution in [3.63, 3.8) is 0 Å². The zero-order valence-electron chi connectivity index (χ0n) is 14.1. The number of carbonyl (C=O) groups excluding carboxylic acids is 1. The summed E-state index contributed by atoms with van der Waals surface area (Å²) >= 11 is 0. The first-order valence-electron chi connectivity index (χ1n) is 7.91. The van der Waals surface area contributed by atoms with Crippen molar-refractivity contribution in [3.8, 4) is 11.5 Å². The molecule has 128 valence electrons. The molecule has 2 aromatic carbocycles. The summed E-state index contributed by atoms with van der Waals surface area (Å²) < 4.78 is 24.5. The molecule has 0 unspecified atom stereocenters. The maximum absolute atomic E-state index is 13.7. The molecule has 2 rings (SSSR count). The molecule has 0 fully saturated rings. The molecule has 2 atom stereocenters. The van der Waals surface area contributed by atoms with Crippen LogP contribution < -0.4 is 14.8 Å². The number of benzene rings is 2. The van der Waals surface area contributed by atoms with E-state index in [1.54, 1.807) is 19.2 Å². The van der Waals surface area contributed by atoms with E-state index in [1.807, 2.05) is 38.1 Å². The summed E-state index contributed by atoms with van der Waals surface area (Å²) in [4.78, 5) is 12.5. The van der Waals surface area contributed by atoms with E-state index in [4.69, 9.17) is 9.47 Å². The third-order valence-corrected chi connectivity index (χ3v) is 3.73. The minimum Gasteiger partial charge on any atom is -0.496 e. The summed E-state index contributed by atoms with van der Waals surface area (Å²) in [5.41, 5.74) is 0.870. The lowest BCUT2D eigenvalue weighted by molar-refractivity contribution is -0.128. The molecule has 0 bridgehead atoms. The molecule has 0 saturated heterocycles. The van der Waals surface area contributed by atoms with E-state index in [-0.39, 0.29) is 17.7 Å². The monoisotopic (exact) mass is 331 g/mol. The van der Waals surface area contributed by atoms with Gasteiger partial charge in [0.05, 0.1) is 13.2 Å². The molecule has 0 heterocycles. The fourth-order valence-electron chi connectivity index (χ4n) is 2.42. The lowest BCUT2D eigenvalue weighted by Gasteiger charge is -2.22. The number of hydrogen-bond donors (Lipinski definition) is 1. The fourth-order valence-corrected chi connectivity index (χ4v) is 2.42. The predicted molar refractivity (Wildman–Crippen MR) is 90.7 cm³/mol. The first-order chi connectivity index (χ1) is 11.6. The van der Waals surface area contributed by atoms with Crippen LogP contribution in [0.3, 0.4) is 0 Å². The Morgan fingerprint density at radius 2 is 1.75 bits per heavy atom. The molecule has 5 heteroatoms. The van der Waals surface area contributed by atoms with Crippen LogP contribution in [0, 0.1) is 5.82 Å². The van der Waals surface area contributed by atoms with Crippen LogP contribution in [-0.4, -0.2) is 19.1 Å². The highest BCUT2D eigenvalue weighted by Crippen LogP contribution is 2.25. The molecule has 1 amide bonds. The summed E-state index contributed by atoms with van der Waals surface area (Å²) in [5.74, 6) is -0.00139. The summed E-state index contributed by atoms with van der Waals surface area (Å²) in [6.45, 7) is 3.68. The van der Waals surface area contributed by atoms with Crippen LogP contribution in [0.15, 0.2) is 48.5 Å². The molecule has 2 aromatic rings. The van der Waals surface area contributed by atoms with Crippen LogP contribution >= 0.6 is 0 Å². The number of ether oxygens (including phenoxy) is 2. The Morgan fingerprint density at radius 1 is 1.12 bits per heavy atom. The topological polar surface area (TPSA) is 47.6 Å². The summed E-state index contributed by atoms with van der Waals surface area (Å²) in [5, 5.41) is 2.90. The van der Waals surface area contributed by atoms with Crippen LogP contribution in [0.4, 0.5) is 4.39 Å². The smallest absolute Gasteiger partial charge is 0.261 e. The lowest BCUT2D eigenvalue weighted by atomic mass is 10.1. The molecule has 1 N–H and O–H groups in total. The van der Waals surface area contributed by atoms with Gasteiger partial charge in [-0.15, -0.1) is 0 Å². The SMILES string of the molecule is CC[C@@H](Oc1ccccc1F)C(=O)N[C@H](C)c1ccccc1OC. The van der Waals surface area contributed by atoms with Crippen molar-refractivity contribution in [2.75, 3.05) is 7.11 Å². The minimum absolute atomic E-state index is 0.0736. The zero-order chi connectivity index (χ0) is 17.5. The highest BCUT2D eigenvalue weighted by Gasteiger charge is 2.22. The molecule has 0 aliphatic rings. The molecule has 0 aromatic heterocycles. The largest absolute Gasteiger partial charge is 0.496 e. The molecular formula is C19H22FNO3. The van der Waals surface area contributed by atoms with Crippen molar-refractivity contribution in [2.45, 2.75) is 32.4 Å². The summed E-state index contributed by atoms with van der Waals surface area (Å²) in [6, 6.07) is 13.3. The van der Waals surface area contributed by atoms with Crippen molar-refractivity contribution in [1.29, 1.82) is 0 Å². The standard InChI is InChI=1S/C19H22FNO3/c1-4-16(24-18-12-8-6-10-15(18)20)19(22)21-13(2)14-9-5-7-11-17(14)23-3/h5-13,16H,4H2,1-3H3,(H,21,22)/t13-,16-/m1/s1. The van der Waals surface area contributed by atoms with Crippen molar-refractivity contribution in [3.05, 3.63) is 59.9 Å². The Kier molecular flexibility index (Phi) is 6.18. The number of hydrogen-bond acceptors (Lipinski definition) is 3. The molecule has 0 radical (unpaired) electrons. The summed E-state index contributed by atoms with van der Waals surface area (Å²) in [7, 11) is 1.59. The van der Waals surface area contributed by atoms with Crippen LogP contribution in [0.25, 0.3) is 0 Å². The van der Waals surface area contributed by atoms with Gasteiger partial charge in [0, 0.05) is 5.56 Å². The quantitative estimate of drug-likeness (QED) is 0.838. The number of halogens is 1. The molecule has 0 aliphatic heterocycles. The van der Waals surface area contributed by atoms with Gasteiger partial charge in [-0.2, -0.15) is 0 Å². The van der Waals surface area contributed by atoms with E-state index in [9.17, 15) is 9.18 Å².